The molecule has 0 unspecified atom stereocenters. The summed E-state index contributed by atoms with van der Waals surface area (Å²) in [5.41, 5.74) is 0. The molecule has 0 bridgehead atoms. The third-order valence-electron chi connectivity index (χ3n) is 1.57. The number of rotatable bonds is 1. The van der Waals surface area contributed by atoms with Gasteiger partial charge in [0, 0.05) is 6.54 Å². The summed E-state index contributed by atoms with van der Waals surface area (Å²) in [6.07, 6.45) is 1.00. The third kappa shape index (κ3) is 1.97. The van der Waals surface area contributed by atoms with Gasteiger partial charge in [0.1, 0.15) is 6.04 Å². The van der Waals surface area contributed by atoms with Crippen LogP contribution in [0.1, 0.15) is 6.42 Å². The molecule has 0 aromatic rings. The van der Waals surface area contributed by atoms with E-state index in [1.807, 2.05) is 0 Å². The SMILES string of the molecule is O=C(O)[C@@H]1CNCCCN1. The molecule has 1 atom stereocenters. The summed E-state index contributed by atoms with van der Waals surface area (Å²) in [7, 11) is 0. The normalized spacial score (nSPS) is 27.4. The monoisotopic (exact) mass is 144 g/mol. The van der Waals surface area contributed by atoms with Crippen molar-refractivity contribution in [1.29, 1.82) is 0 Å². The fourth-order valence-electron chi connectivity index (χ4n) is 0.983. The zero-order valence-electron chi connectivity index (χ0n) is 5.76. The van der Waals surface area contributed by atoms with Crippen LogP contribution in [0.2, 0.25) is 0 Å². The number of nitrogens with one attached hydrogen (secondary N) is 2. The number of hydrogen-bond donors (Lipinski definition) is 3. The fraction of sp³-hybridized carbons (Fsp3) is 0.833. The van der Waals surface area contributed by atoms with E-state index in [9.17, 15) is 4.79 Å². The Morgan fingerprint density at radius 3 is 3.00 bits per heavy atom. The van der Waals surface area contributed by atoms with Crippen LogP contribution >= 0.6 is 0 Å². The predicted octanol–water partition coefficient (Wildman–Crippen LogP) is -0.977. The molecule has 0 radical (unpaired) electrons. The molecule has 0 aromatic carbocycles. The second kappa shape index (κ2) is 3.53. The Morgan fingerprint density at radius 2 is 2.30 bits per heavy atom. The second-order valence-corrected chi connectivity index (χ2v) is 2.40. The molecular weight excluding hydrogens is 132 g/mol. The highest BCUT2D eigenvalue weighted by atomic mass is 16.4. The van der Waals surface area contributed by atoms with Gasteiger partial charge in [-0.2, -0.15) is 0 Å². The van der Waals surface area contributed by atoms with E-state index in [0.717, 1.165) is 19.5 Å². The molecule has 10 heavy (non-hydrogen) atoms. The smallest absolute Gasteiger partial charge is 0.322 e. The van der Waals surface area contributed by atoms with Crippen molar-refractivity contribution < 1.29 is 9.90 Å². The Balaban J connectivity index is 2.35. The first-order chi connectivity index (χ1) is 4.80. The first-order valence-corrected chi connectivity index (χ1v) is 3.47. The molecule has 1 fully saturated rings. The first-order valence-electron chi connectivity index (χ1n) is 3.47. The number of aliphatic carboxylic acids is 1. The number of hydrogen-bond acceptors (Lipinski definition) is 3. The maximum atomic E-state index is 10.4. The summed E-state index contributed by atoms with van der Waals surface area (Å²) >= 11 is 0. The van der Waals surface area contributed by atoms with Crippen LogP contribution in [0.25, 0.3) is 0 Å². The van der Waals surface area contributed by atoms with Crippen LogP contribution in [-0.2, 0) is 4.79 Å². The van der Waals surface area contributed by atoms with Crippen molar-refractivity contribution in [3.8, 4) is 0 Å². The summed E-state index contributed by atoms with van der Waals surface area (Å²) in [6.45, 7) is 2.25. The number of carboxylic acids is 1. The molecule has 0 aromatic heterocycles. The largest absolute Gasteiger partial charge is 0.480 e. The van der Waals surface area contributed by atoms with Crippen molar-refractivity contribution in [1.82, 2.24) is 10.6 Å². The molecule has 1 heterocycles. The molecule has 0 amide bonds. The van der Waals surface area contributed by atoms with Gasteiger partial charge in [-0.15, -0.1) is 0 Å². The molecule has 0 saturated carbocycles. The van der Waals surface area contributed by atoms with Crippen molar-refractivity contribution in [2.24, 2.45) is 0 Å². The lowest BCUT2D eigenvalue weighted by atomic mass is 10.3. The van der Waals surface area contributed by atoms with Crippen molar-refractivity contribution in [2.45, 2.75) is 12.5 Å². The van der Waals surface area contributed by atoms with Gasteiger partial charge in [0.15, 0.2) is 0 Å². The van der Waals surface area contributed by atoms with E-state index < -0.39 is 12.0 Å². The molecule has 1 aliphatic rings. The van der Waals surface area contributed by atoms with E-state index >= 15 is 0 Å². The van der Waals surface area contributed by atoms with Crippen LogP contribution in [0, 0.1) is 0 Å². The molecule has 0 spiro atoms. The van der Waals surface area contributed by atoms with E-state index in [2.05, 4.69) is 10.6 Å². The minimum atomic E-state index is -0.769. The van der Waals surface area contributed by atoms with E-state index in [4.69, 9.17) is 5.11 Å². The topological polar surface area (TPSA) is 61.4 Å². The standard InChI is InChI=1S/C6H12N2O2/c9-6(10)5-4-7-2-1-3-8-5/h5,7-8H,1-4H2,(H,9,10)/t5-/m0/s1. The summed E-state index contributed by atoms with van der Waals surface area (Å²) in [6, 6.07) is -0.400. The van der Waals surface area contributed by atoms with Gasteiger partial charge in [0.05, 0.1) is 0 Å². The van der Waals surface area contributed by atoms with Gasteiger partial charge in [-0.1, -0.05) is 0 Å². The molecule has 4 heteroatoms. The zero-order valence-corrected chi connectivity index (χ0v) is 5.76. The Bertz CT molecular complexity index is 119. The Labute approximate surface area is 59.6 Å². The predicted molar refractivity (Wildman–Crippen MR) is 36.9 cm³/mol. The molecule has 1 saturated heterocycles. The van der Waals surface area contributed by atoms with Gasteiger partial charge < -0.3 is 15.7 Å². The van der Waals surface area contributed by atoms with Crippen LogP contribution in [0.3, 0.4) is 0 Å². The maximum Gasteiger partial charge on any atom is 0.322 e. The summed E-state index contributed by atoms with van der Waals surface area (Å²) < 4.78 is 0. The molecule has 1 rings (SSSR count). The highest BCUT2D eigenvalue weighted by Crippen LogP contribution is 1.88. The van der Waals surface area contributed by atoms with Crippen molar-refractivity contribution in [3.63, 3.8) is 0 Å². The highest BCUT2D eigenvalue weighted by Gasteiger charge is 2.17. The van der Waals surface area contributed by atoms with E-state index in [0.29, 0.717) is 6.54 Å². The van der Waals surface area contributed by atoms with E-state index in [-0.39, 0.29) is 0 Å². The van der Waals surface area contributed by atoms with E-state index in [1.54, 1.807) is 0 Å². The molecular formula is C6H12N2O2. The lowest BCUT2D eigenvalue weighted by Gasteiger charge is -2.08. The minimum absolute atomic E-state index is 0.400. The minimum Gasteiger partial charge on any atom is -0.480 e. The lowest BCUT2D eigenvalue weighted by molar-refractivity contribution is -0.139. The number of carbonyl (C=O) groups is 1. The third-order valence-corrected chi connectivity index (χ3v) is 1.57. The van der Waals surface area contributed by atoms with Crippen molar-refractivity contribution in [3.05, 3.63) is 0 Å². The van der Waals surface area contributed by atoms with Gasteiger partial charge >= 0.3 is 5.97 Å². The van der Waals surface area contributed by atoms with Crippen LogP contribution in [-0.4, -0.2) is 36.8 Å². The van der Waals surface area contributed by atoms with Gasteiger partial charge in [-0.05, 0) is 19.5 Å². The van der Waals surface area contributed by atoms with Crippen molar-refractivity contribution in [2.75, 3.05) is 19.6 Å². The fourth-order valence-corrected chi connectivity index (χ4v) is 0.983. The Hall–Kier alpha value is -0.610. The zero-order chi connectivity index (χ0) is 7.40. The molecule has 58 valence electrons. The van der Waals surface area contributed by atoms with Gasteiger partial charge in [0.2, 0.25) is 0 Å². The van der Waals surface area contributed by atoms with Gasteiger partial charge in [-0.3, -0.25) is 4.79 Å². The summed E-state index contributed by atoms with van der Waals surface area (Å²) in [5.74, 6) is -0.769. The first kappa shape index (κ1) is 7.50. The van der Waals surface area contributed by atoms with E-state index in [1.165, 1.54) is 0 Å². The van der Waals surface area contributed by atoms with Crippen LogP contribution < -0.4 is 10.6 Å². The molecule has 3 N–H and O–H groups in total. The van der Waals surface area contributed by atoms with Crippen LogP contribution in [0.5, 0.6) is 0 Å². The summed E-state index contributed by atoms with van der Waals surface area (Å²) in [5, 5.41) is 14.5. The van der Waals surface area contributed by atoms with Gasteiger partial charge in [-0.25, -0.2) is 0 Å². The summed E-state index contributed by atoms with van der Waals surface area (Å²) in [4.78, 5) is 10.4. The van der Waals surface area contributed by atoms with Crippen LogP contribution in [0.15, 0.2) is 0 Å². The average Bonchev–Trinajstić information content (AvgIpc) is 2.12. The van der Waals surface area contributed by atoms with Crippen molar-refractivity contribution >= 4 is 5.97 Å². The average molecular weight is 144 g/mol. The highest BCUT2D eigenvalue weighted by molar-refractivity contribution is 5.73. The molecule has 4 nitrogen and oxygen atoms in total. The molecule has 0 aliphatic carbocycles. The lowest BCUT2D eigenvalue weighted by Crippen LogP contribution is -2.41. The van der Waals surface area contributed by atoms with Crippen LogP contribution in [0.4, 0.5) is 0 Å². The molecule has 1 aliphatic heterocycles. The Morgan fingerprint density at radius 1 is 1.50 bits per heavy atom. The van der Waals surface area contributed by atoms with Gasteiger partial charge in [0.25, 0.3) is 0 Å². The maximum absolute atomic E-state index is 10.4. The Kier molecular flexibility index (Phi) is 2.65. The number of carboxylic acid groups (broad SMARTS) is 1. The second-order valence-electron chi connectivity index (χ2n) is 2.40. The quantitative estimate of drug-likeness (QED) is 0.443.